The van der Waals surface area contributed by atoms with Crippen molar-refractivity contribution in [1.29, 1.82) is 0 Å². The summed E-state index contributed by atoms with van der Waals surface area (Å²) in [6, 6.07) is 3.37. The smallest absolute Gasteiger partial charge is 0.354 e. The molecule has 14 heavy (non-hydrogen) atoms. The second-order valence-corrected chi connectivity index (χ2v) is 2.96. The molecule has 1 aromatic heterocycles. The summed E-state index contributed by atoms with van der Waals surface area (Å²) < 4.78 is 0. The number of carboxylic acids is 1. The molecule has 0 saturated heterocycles. The zero-order valence-corrected chi connectivity index (χ0v) is 9.39. The molecule has 0 aromatic carbocycles. The highest BCUT2D eigenvalue weighted by Gasteiger charge is 2.02. The van der Waals surface area contributed by atoms with Crippen LogP contribution in [-0.2, 0) is 6.42 Å². The Morgan fingerprint density at radius 3 is 2.64 bits per heavy atom. The van der Waals surface area contributed by atoms with Gasteiger partial charge < -0.3 is 5.11 Å². The van der Waals surface area contributed by atoms with E-state index in [0.29, 0.717) is 0 Å². The van der Waals surface area contributed by atoms with Crippen LogP contribution in [0.15, 0.2) is 18.3 Å². The van der Waals surface area contributed by atoms with Crippen LogP contribution in [0, 0.1) is 0 Å². The first-order valence-electron chi connectivity index (χ1n) is 4.42. The topological polar surface area (TPSA) is 50.2 Å². The fourth-order valence-electron chi connectivity index (χ4n) is 1.08. The molecule has 1 N–H and O–H groups in total. The van der Waals surface area contributed by atoms with E-state index in [0.717, 1.165) is 24.8 Å². The molecule has 0 amide bonds. The molecule has 73 valence electrons. The number of unbranched alkanes of at least 4 members (excludes halogenated alkanes) is 1. The molecule has 0 spiro atoms. The molecule has 0 fully saturated rings. The molecule has 4 heteroatoms. The molecule has 0 unspecified atom stereocenters. The normalized spacial score (nSPS) is 9.21. The number of aromatic carboxylic acids is 1. The van der Waals surface area contributed by atoms with E-state index in [-0.39, 0.29) is 23.1 Å². The number of hydrogen-bond acceptors (Lipinski definition) is 2. The molecule has 0 atom stereocenters. The highest BCUT2D eigenvalue weighted by Crippen LogP contribution is 2.04. The van der Waals surface area contributed by atoms with Crippen LogP contribution in [0.25, 0.3) is 0 Å². The third kappa shape index (κ3) is 3.91. The first-order chi connectivity index (χ1) is 6.24. The molecule has 1 rings (SSSR count). The molecule has 0 aliphatic carbocycles. The molecule has 1 heterocycles. The molecule has 3 nitrogen and oxygen atoms in total. The SMILES string of the molecule is CCCCc1ccc(C(=O)O)nc1.[Al]. The van der Waals surface area contributed by atoms with E-state index in [4.69, 9.17) is 5.11 Å². The lowest BCUT2D eigenvalue weighted by Gasteiger charge is -1.98. The predicted octanol–water partition coefficient (Wildman–Crippen LogP) is 1.74. The Balaban J connectivity index is 0.00000169. The molecule has 0 bridgehead atoms. The van der Waals surface area contributed by atoms with Gasteiger partial charge in [-0.2, -0.15) is 0 Å². The maximum atomic E-state index is 10.5. The van der Waals surface area contributed by atoms with Gasteiger partial charge in [-0.15, -0.1) is 0 Å². The summed E-state index contributed by atoms with van der Waals surface area (Å²) in [6.07, 6.45) is 4.87. The van der Waals surface area contributed by atoms with E-state index in [2.05, 4.69) is 11.9 Å². The van der Waals surface area contributed by atoms with Gasteiger partial charge in [-0.25, -0.2) is 9.78 Å². The number of aromatic nitrogens is 1. The van der Waals surface area contributed by atoms with Crippen molar-refractivity contribution < 1.29 is 9.90 Å². The van der Waals surface area contributed by atoms with E-state index >= 15 is 0 Å². The number of nitrogens with zero attached hydrogens (tertiary/aromatic N) is 1. The van der Waals surface area contributed by atoms with E-state index in [1.807, 2.05) is 6.07 Å². The van der Waals surface area contributed by atoms with Crippen molar-refractivity contribution in [1.82, 2.24) is 4.98 Å². The lowest BCUT2D eigenvalue weighted by atomic mass is 10.1. The fourth-order valence-corrected chi connectivity index (χ4v) is 1.08. The second kappa shape index (κ2) is 6.58. The number of pyridine rings is 1. The van der Waals surface area contributed by atoms with Crippen LogP contribution in [0.2, 0.25) is 0 Å². The van der Waals surface area contributed by atoms with E-state index in [9.17, 15) is 4.79 Å². The molecule has 0 saturated carbocycles. The Labute approximate surface area is 94.3 Å². The highest BCUT2D eigenvalue weighted by atomic mass is 27.0. The molecule has 0 aliphatic rings. The van der Waals surface area contributed by atoms with Crippen molar-refractivity contribution >= 4 is 23.3 Å². The summed E-state index contributed by atoms with van der Waals surface area (Å²) in [5.41, 5.74) is 1.21. The van der Waals surface area contributed by atoms with Crippen molar-refractivity contribution in [2.45, 2.75) is 26.2 Å². The zero-order chi connectivity index (χ0) is 9.68. The number of carboxylic acid groups (broad SMARTS) is 1. The Bertz CT molecular complexity index is 285. The van der Waals surface area contributed by atoms with Crippen molar-refractivity contribution in [3.63, 3.8) is 0 Å². The summed E-state index contributed by atoms with van der Waals surface area (Å²) in [7, 11) is 0. The third-order valence-electron chi connectivity index (χ3n) is 1.86. The van der Waals surface area contributed by atoms with E-state index in [1.54, 1.807) is 12.3 Å². The minimum Gasteiger partial charge on any atom is -0.477 e. The zero-order valence-electron chi connectivity index (χ0n) is 8.23. The fraction of sp³-hybridized carbons (Fsp3) is 0.400. The molecule has 0 aliphatic heterocycles. The number of aryl methyl sites for hydroxylation is 1. The van der Waals surface area contributed by atoms with Gasteiger partial charge in [-0.05, 0) is 24.5 Å². The summed E-state index contributed by atoms with van der Waals surface area (Å²) in [5, 5.41) is 8.59. The lowest BCUT2D eigenvalue weighted by Crippen LogP contribution is -2.00. The van der Waals surface area contributed by atoms with Gasteiger partial charge in [-0.1, -0.05) is 19.4 Å². The summed E-state index contributed by atoms with van der Waals surface area (Å²) in [5.74, 6) is -0.970. The van der Waals surface area contributed by atoms with Crippen molar-refractivity contribution in [2.75, 3.05) is 0 Å². The molecule has 3 radical (unpaired) electrons. The Kier molecular flexibility index (Phi) is 6.18. The lowest BCUT2D eigenvalue weighted by molar-refractivity contribution is 0.0690. The van der Waals surface area contributed by atoms with Gasteiger partial charge in [0, 0.05) is 23.6 Å². The second-order valence-electron chi connectivity index (χ2n) is 2.96. The average Bonchev–Trinajstić information content (AvgIpc) is 2.15. The van der Waals surface area contributed by atoms with Crippen LogP contribution in [0.1, 0.15) is 35.8 Å². The standard InChI is InChI=1S/C10H13NO2.Al/c1-2-3-4-8-5-6-9(10(12)13)11-7-8;/h5-7H,2-4H2,1H3,(H,12,13);. The predicted molar refractivity (Wildman–Crippen MR) is 55.6 cm³/mol. The number of hydrogen-bond donors (Lipinski definition) is 1. The number of rotatable bonds is 4. The van der Waals surface area contributed by atoms with Crippen LogP contribution in [-0.4, -0.2) is 33.4 Å². The first-order valence-corrected chi connectivity index (χ1v) is 4.42. The van der Waals surface area contributed by atoms with Gasteiger partial charge in [0.2, 0.25) is 0 Å². The average molecular weight is 206 g/mol. The van der Waals surface area contributed by atoms with E-state index < -0.39 is 5.97 Å². The Morgan fingerprint density at radius 1 is 1.50 bits per heavy atom. The molecular formula is C10H13AlNO2. The van der Waals surface area contributed by atoms with Crippen molar-refractivity contribution in [3.05, 3.63) is 29.6 Å². The minimum absolute atomic E-state index is 0. The quantitative estimate of drug-likeness (QED) is 0.763. The van der Waals surface area contributed by atoms with Crippen LogP contribution in [0.3, 0.4) is 0 Å². The van der Waals surface area contributed by atoms with Crippen molar-refractivity contribution in [3.8, 4) is 0 Å². The van der Waals surface area contributed by atoms with Crippen molar-refractivity contribution in [2.24, 2.45) is 0 Å². The van der Waals surface area contributed by atoms with Gasteiger partial charge >= 0.3 is 5.97 Å². The van der Waals surface area contributed by atoms with Crippen LogP contribution in [0.5, 0.6) is 0 Å². The van der Waals surface area contributed by atoms with Gasteiger partial charge in [0.15, 0.2) is 0 Å². The summed E-state index contributed by atoms with van der Waals surface area (Å²) >= 11 is 0. The van der Waals surface area contributed by atoms with Gasteiger partial charge in [-0.3, -0.25) is 0 Å². The van der Waals surface area contributed by atoms with E-state index in [1.165, 1.54) is 0 Å². The van der Waals surface area contributed by atoms with Crippen LogP contribution >= 0.6 is 0 Å². The van der Waals surface area contributed by atoms with Crippen LogP contribution in [0.4, 0.5) is 0 Å². The first kappa shape index (κ1) is 13.2. The molecular weight excluding hydrogens is 193 g/mol. The van der Waals surface area contributed by atoms with Crippen LogP contribution < -0.4 is 0 Å². The number of carbonyl (C=O) groups is 1. The largest absolute Gasteiger partial charge is 0.477 e. The third-order valence-corrected chi connectivity index (χ3v) is 1.86. The van der Waals surface area contributed by atoms with Gasteiger partial charge in [0.1, 0.15) is 5.69 Å². The Hall–Kier alpha value is -0.848. The molecule has 1 aromatic rings. The Morgan fingerprint density at radius 2 is 2.21 bits per heavy atom. The highest BCUT2D eigenvalue weighted by molar-refractivity contribution is 5.85. The maximum Gasteiger partial charge on any atom is 0.354 e. The summed E-state index contributed by atoms with van der Waals surface area (Å²) in [4.78, 5) is 14.3. The van der Waals surface area contributed by atoms with Gasteiger partial charge in [0.05, 0.1) is 0 Å². The monoisotopic (exact) mass is 206 g/mol. The summed E-state index contributed by atoms with van der Waals surface area (Å²) in [6.45, 7) is 2.12. The maximum absolute atomic E-state index is 10.5. The van der Waals surface area contributed by atoms with Gasteiger partial charge in [0.25, 0.3) is 0 Å². The minimum atomic E-state index is -0.970.